The van der Waals surface area contributed by atoms with Crippen LogP contribution < -0.4 is 11.1 Å². The summed E-state index contributed by atoms with van der Waals surface area (Å²) in [6.07, 6.45) is 2.55. The highest BCUT2D eigenvalue weighted by Gasteiger charge is 2.41. The van der Waals surface area contributed by atoms with Gasteiger partial charge in [-0.15, -0.1) is 0 Å². The standard InChI is InChI=1S/C13H21N6O12P3/c14-13-17-11(16-7-2-1-3-7)10-12(18-13)19(6-15-10)8-4-27-9(29-8)5-28-33(23,24)31-34(25,26)30-32(20,21)22/h6-9H,1-5H2,(H,23,24)(H,25,26)(H2,20,21,22)(H3,14,16,17,18)/t8?,9-/m1/s1. The van der Waals surface area contributed by atoms with E-state index in [4.69, 9.17) is 25.0 Å². The fourth-order valence-corrected chi connectivity index (χ4v) is 6.13. The minimum absolute atomic E-state index is 0.0131. The number of aromatic nitrogens is 4. The lowest BCUT2D eigenvalue weighted by Crippen LogP contribution is -2.27. The molecule has 21 heteroatoms. The zero-order valence-electron chi connectivity index (χ0n) is 17.1. The first-order valence-corrected chi connectivity index (χ1v) is 14.1. The largest absolute Gasteiger partial charge is 0.490 e. The lowest BCUT2D eigenvalue weighted by atomic mass is 9.93. The van der Waals surface area contributed by atoms with Crippen molar-refractivity contribution in [3.63, 3.8) is 0 Å². The number of ether oxygens (including phenoxy) is 2. The monoisotopic (exact) mass is 546 g/mol. The van der Waals surface area contributed by atoms with E-state index in [9.17, 15) is 23.5 Å². The van der Waals surface area contributed by atoms with Crippen LogP contribution >= 0.6 is 23.5 Å². The summed E-state index contributed by atoms with van der Waals surface area (Å²) >= 11 is 0. The predicted octanol–water partition coefficient (Wildman–Crippen LogP) is 0.588. The molecule has 0 radical (unpaired) electrons. The number of rotatable bonds is 10. The maximum absolute atomic E-state index is 11.8. The third-order valence-corrected chi connectivity index (χ3v) is 8.52. The molecule has 3 unspecified atom stereocenters. The van der Waals surface area contributed by atoms with Crippen LogP contribution in [-0.4, -0.2) is 64.6 Å². The summed E-state index contributed by atoms with van der Waals surface area (Å²) in [4.78, 5) is 48.5. The molecule has 0 spiro atoms. The third-order valence-electron chi connectivity index (χ3n) is 4.72. The fraction of sp³-hybridized carbons (Fsp3) is 0.615. The summed E-state index contributed by atoms with van der Waals surface area (Å²) in [7, 11) is -16.4. The van der Waals surface area contributed by atoms with E-state index in [1.54, 1.807) is 0 Å². The van der Waals surface area contributed by atoms with Crippen molar-refractivity contribution in [2.75, 3.05) is 24.3 Å². The Kier molecular flexibility index (Phi) is 7.15. The van der Waals surface area contributed by atoms with Crippen LogP contribution in [0.5, 0.6) is 0 Å². The zero-order chi connectivity index (χ0) is 24.7. The summed E-state index contributed by atoms with van der Waals surface area (Å²) in [5.74, 6) is 0.494. The van der Waals surface area contributed by atoms with Gasteiger partial charge in [-0.2, -0.15) is 18.6 Å². The molecular weight excluding hydrogens is 525 g/mol. The van der Waals surface area contributed by atoms with Crippen LogP contribution in [-0.2, 0) is 36.3 Å². The third kappa shape index (κ3) is 6.37. The summed E-state index contributed by atoms with van der Waals surface area (Å²) in [5.41, 5.74) is 6.65. The zero-order valence-corrected chi connectivity index (χ0v) is 19.8. The smallest absolute Gasteiger partial charge is 0.368 e. The fourth-order valence-electron chi connectivity index (χ4n) is 3.13. The number of hydrogen-bond acceptors (Lipinski definition) is 13. The number of nitrogens with two attached hydrogens (primary N) is 1. The van der Waals surface area contributed by atoms with Crippen molar-refractivity contribution < 1.29 is 55.9 Å². The van der Waals surface area contributed by atoms with Gasteiger partial charge in [0.1, 0.15) is 6.61 Å². The Morgan fingerprint density at radius 1 is 1.15 bits per heavy atom. The summed E-state index contributed by atoms with van der Waals surface area (Å²) in [6, 6.07) is 0.271. The van der Waals surface area contributed by atoms with Gasteiger partial charge in [0.05, 0.1) is 12.9 Å². The number of anilines is 2. The van der Waals surface area contributed by atoms with Gasteiger partial charge in [-0.05, 0) is 19.3 Å². The van der Waals surface area contributed by atoms with Crippen molar-refractivity contribution in [3.05, 3.63) is 6.33 Å². The highest BCUT2D eigenvalue weighted by Crippen LogP contribution is 2.66. The Hall–Kier alpha value is -1.52. The topological polar surface area (TPSA) is 260 Å². The van der Waals surface area contributed by atoms with E-state index >= 15 is 0 Å². The molecule has 0 amide bonds. The normalized spacial score (nSPS) is 25.1. The molecule has 2 fully saturated rings. The van der Waals surface area contributed by atoms with Gasteiger partial charge < -0.3 is 40.1 Å². The van der Waals surface area contributed by atoms with Crippen molar-refractivity contribution in [2.24, 2.45) is 0 Å². The van der Waals surface area contributed by atoms with E-state index in [2.05, 4.69) is 33.4 Å². The number of nitrogen functional groups attached to an aromatic ring is 1. The van der Waals surface area contributed by atoms with Gasteiger partial charge in [0.15, 0.2) is 29.5 Å². The lowest BCUT2D eigenvalue weighted by Gasteiger charge is -2.26. The van der Waals surface area contributed by atoms with Crippen LogP contribution in [0.4, 0.5) is 11.8 Å². The van der Waals surface area contributed by atoms with Crippen LogP contribution in [0.25, 0.3) is 11.2 Å². The van der Waals surface area contributed by atoms with E-state index in [-0.39, 0.29) is 18.6 Å². The Labute approximate surface area is 190 Å². The second-order valence-electron chi connectivity index (χ2n) is 7.27. The predicted molar refractivity (Wildman–Crippen MR) is 111 cm³/mol. The molecular formula is C13H21N6O12P3. The molecule has 190 valence electrons. The first-order valence-electron chi connectivity index (χ1n) is 9.62. The van der Waals surface area contributed by atoms with Gasteiger partial charge in [0, 0.05) is 6.04 Å². The lowest BCUT2D eigenvalue weighted by molar-refractivity contribution is -0.0961. The Morgan fingerprint density at radius 3 is 2.53 bits per heavy atom. The number of phosphoric ester groups is 1. The van der Waals surface area contributed by atoms with E-state index < -0.39 is 42.6 Å². The Bertz CT molecular complexity index is 1200. The molecule has 2 aromatic rings. The van der Waals surface area contributed by atoms with Gasteiger partial charge in [-0.3, -0.25) is 9.09 Å². The van der Waals surface area contributed by atoms with Gasteiger partial charge in [0.25, 0.3) is 0 Å². The number of phosphoric acid groups is 3. The summed E-state index contributed by atoms with van der Waals surface area (Å²) < 4.78 is 58.1. The highest BCUT2D eigenvalue weighted by atomic mass is 31.3. The molecule has 1 aliphatic carbocycles. The average molecular weight is 546 g/mol. The Balaban J connectivity index is 1.38. The Morgan fingerprint density at radius 2 is 1.88 bits per heavy atom. The van der Waals surface area contributed by atoms with Crippen LogP contribution in [0.3, 0.4) is 0 Å². The van der Waals surface area contributed by atoms with Crippen LogP contribution in [0.1, 0.15) is 25.5 Å². The van der Waals surface area contributed by atoms with Crippen molar-refractivity contribution in [1.82, 2.24) is 19.5 Å². The number of imidazole rings is 1. The molecule has 4 atom stereocenters. The second kappa shape index (κ2) is 9.50. The second-order valence-corrected chi connectivity index (χ2v) is 11.7. The summed E-state index contributed by atoms with van der Waals surface area (Å²) in [5, 5.41) is 3.27. The van der Waals surface area contributed by atoms with Crippen LogP contribution in [0.2, 0.25) is 0 Å². The van der Waals surface area contributed by atoms with Crippen molar-refractivity contribution in [1.29, 1.82) is 0 Å². The van der Waals surface area contributed by atoms with Crippen molar-refractivity contribution in [3.8, 4) is 0 Å². The number of fused-ring (bicyclic) bond motifs is 1. The molecule has 4 rings (SSSR count). The summed E-state index contributed by atoms with van der Waals surface area (Å²) in [6.45, 7) is -0.802. The molecule has 34 heavy (non-hydrogen) atoms. The molecule has 2 aromatic heterocycles. The van der Waals surface area contributed by atoms with Crippen LogP contribution in [0.15, 0.2) is 6.33 Å². The number of hydrogen-bond donors (Lipinski definition) is 6. The highest BCUT2D eigenvalue weighted by molar-refractivity contribution is 7.66. The quantitative estimate of drug-likeness (QED) is 0.223. The molecule has 0 aromatic carbocycles. The molecule has 1 aliphatic heterocycles. The molecule has 1 saturated heterocycles. The van der Waals surface area contributed by atoms with E-state index in [1.165, 1.54) is 10.9 Å². The molecule has 3 heterocycles. The first kappa shape index (κ1) is 25.6. The molecule has 7 N–H and O–H groups in total. The SMILES string of the molecule is Nc1nc(NC2CCC2)c2ncn(C3CO[C@@H](COP(=O)(O)OP(=O)(O)OP(=O)(O)O)O3)c2n1. The van der Waals surface area contributed by atoms with Gasteiger partial charge in [-0.25, -0.2) is 18.7 Å². The number of nitrogens with zero attached hydrogens (tertiary/aromatic N) is 4. The molecule has 2 aliphatic rings. The number of nitrogens with one attached hydrogen (secondary N) is 1. The molecule has 1 saturated carbocycles. The van der Waals surface area contributed by atoms with Gasteiger partial charge >= 0.3 is 23.5 Å². The average Bonchev–Trinajstić information content (AvgIpc) is 3.26. The van der Waals surface area contributed by atoms with E-state index in [0.717, 1.165) is 19.3 Å². The minimum Gasteiger partial charge on any atom is -0.368 e. The maximum atomic E-state index is 11.8. The van der Waals surface area contributed by atoms with Crippen molar-refractivity contribution >= 4 is 46.4 Å². The van der Waals surface area contributed by atoms with Crippen molar-refractivity contribution in [2.45, 2.75) is 37.8 Å². The molecule has 18 nitrogen and oxygen atoms in total. The van der Waals surface area contributed by atoms with Gasteiger partial charge in [0.2, 0.25) is 5.95 Å². The van der Waals surface area contributed by atoms with E-state index in [1.807, 2.05) is 0 Å². The minimum atomic E-state index is -5.62. The maximum Gasteiger partial charge on any atom is 0.490 e. The van der Waals surface area contributed by atoms with Gasteiger partial charge in [-0.1, -0.05) is 0 Å². The molecule has 0 bridgehead atoms. The first-order chi connectivity index (χ1) is 15.8. The van der Waals surface area contributed by atoms with E-state index in [0.29, 0.717) is 17.0 Å². The van der Waals surface area contributed by atoms with Crippen LogP contribution in [0, 0.1) is 0 Å².